The Labute approximate surface area is 693 Å². The fourth-order valence-electron chi connectivity index (χ4n) is 17.3. The first-order valence-electron chi connectivity index (χ1n) is 35.8. The van der Waals surface area contributed by atoms with E-state index < -0.39 is 77.4 Å². The molecule has 0 saturated carbocycles. The summed E-state index contributed by atoms with van der Waals surface area (Å²) in [6, 6.07) is 35.1. The Morgan fingerprint density at radius 3 is 1.20 bits per heavy atom. The maximum Gasteiger partial charge on any atom is 1.00 e. The third-order valence-corrected chi connectivity index (χ3v) is 39.5. The fraction of sp³-hybridized carbons (Fsp3) is 0.500. The van der Waals surface area contributed by atoms with E-state index >= 15 is 0 Å². The summed E-state index contributed by atoms with van der Waals surface area (Å²) in [5, 5.41) is 3.59. The van der Waals surface area contributed by atoms with Crippen LogP contribution in [0.25, 0.3) is 21.5 Å². The number of benzene rings is 4. The number of quaternary nitrogens is 2. The second-order valence-electron chi connectivity index (χ2n) is 29.2. The number of fused-ring (bicyclic) bond motifs is 12. The van der Waals surface area contributed by atoms with Crippen LogP contribution in [0.1, 0.15) is 138 Å². The van der Waals surface area contributed by atoms with E-state index in [0.29, 0.717) is 115 Å². The Morgan fingerprint density at radius 1 is 0.491 bits per heavy atom. The molecule has 1 unspecified atom stereocenters. The molecule has 0 aliphatic carbocycles. The summed E-state index contributed by atoms with van der Waals surface area (Å²) in [7, 11) is -27.6. The molecule has 4 aromatic carbocycles. The van der Waals surface area contributed by atoms with Gasteiger partial charge in [-0.25, -0.2) is 0 Å². The molecule has 1 spiro atoms. The van der Waals surface area contributed by atoms with Gasteiger partial charge >= 0.3 is 659 Å². The Kier molecular flexibility index (Phi) is 30.3. The summed E-state index contributed by atoms with van der Waals surface area (Å²) in [5.41, 5.74) is 4.93. The van der Waals surface area contributed by atoms with Gasteiger partial charge in [0.05, 0.1) is 7.11 Å². The number of rotatable bonds is 38. The molecule has 0 radical (unpaired) electrons. The van der Waals surface area contributed by atoms with Gasteiger partial charge < -0.3 is 4.74 Å². The van der Waals surface area contributed by atoms with Crippen molar-refractivity contribution in [3.05, 3.63) is 144 Å². The molecule has 560 valence electrons. The van der Waals surface area contributed by atoms with Crippen LogP contribution in [0.5, 0.6) is 0 Å². The standard InChI is InChI=1S/C70H98N10O10S2Si3.3Na.2O3S/c1-9-12-25-44-79(42-13-10-2,45-26-15-16-41-62(81)88-4)48-31-52-93(5,6)89-95(90-94(7,8)53-32-49-80(43-14-11-3,46-27-29-50-91(82,83)84)47-28-30-51-92(85,86)87)75-63-54-33-17-18-34-55(54)64(75)72-66-58-37-21-22-38-59(58)68(77(66)95)74-70-61-40-24-23-39-60(61)69(78(70)95)73-67-57-36-20-19-35-56(57)65(71-63)76(67)95;;;;2*1-4(2)3/h17-24,33-40H,2-3,9-16,25-32,41-53H2,1,4-8H3,(H,82,83,84)(H,85,86,87);;;;;/q;3*+1;;/p-2. The molecule has 6 aliphatic heterocycles. The molecule has 2 aromatic heterocycles. The number of ether oxygens (including phenoxy) is 1. The van der Waals surface area contributed by atoms with Crippen LogP contribution < -0.4 is 99.6 Å². The average molecular weight is 1620 g/mol. The zero-order valence-electron chi connectivity index (χ0n) is 62.8. The van der Waals surface area contributed by atoms with E-state index in [9.17, 15) is 39.0 Å². The van der Waals surface area contributed by atoms with Crippen molar-refractivity contribution in [2.45, 2.75) is 154 Å². The summed E-state index contributed by atoms with van der Waals surface area (Å²) in [6.45, 7) is 26.7. The van der Waals surface area contributed by atoms with E-state index in [2.05, 4.69) is 161 Å². The van der Waals surface area contributed by atoms with Crippen molar-refractivity contribution in [3.63, 3.8) is 0 Å². The molecule has 6 aliphatic rings. The van der Waals surface area contributed by atoms with E-state index in [4.69, 9.17) is 50.0 Å². The largest absolute Gasteiger partial charge is 1.00 e. The molecule has 106 heavy (non-hydrogen) atoms. The average Bonchev–Trinajstić information content (AvgIpc) is 1.35. The summed E-state index contributed by atoms with van der Waals surface area (Å²) in [6.07, 6.45) is 12.6. The van der Waals surface area contributed by atoms with Gasteiger partial charge in [0.2, 0.25) is 0 Å². The number of hydrogen-bond acceptors (Lipinski definition) is 20. The van der Waals surface area contributed by atoms with Gasteiger partial charge in [-0.2, -0.15) is 0 Å². The van der Waals surface area contributed by atoms with Crippen LogP contribution >= 0.6 is 0 Å². The minimum Gasteiger partial charge on any atom is 1.00 e. The van der Waals surface area contributed by atoms with Crippen LogP contribution in [0.15, 0.2) is 117 Å². The number of carbonyl (C=O) groups is 1. The number of aromatic nitrogens is 2. The first-order valence-corrected chi connectivity index (χ1v) is 49.8. The Balaban J connectivity index is 0.00000136. The predicted octanol–water partition coefficient (Wildman–Crippen LogP) is -0.0110. The van der Waals surface area contributed by atoms with Crippen LogP contribution in [-0.4, -0.2) is 202 Å². The van der Waals surface area contributed by atoms with Crippen molar-refractivity contribution in [1.29, 1.82) is 0 Å². The molecule has 8 heterocycles. The number of aliphatic imine (C=N–C) groups is 2. The normalized spacial score (nSPS) is 16.7. The topological polar surface area (TPSA) is 327 Å². The maximum absolute atomic E-state index is 12.3. The van der Waals surface area contributed by atoms with Crippen molar-refractivity contribution in [3.8, 4) is 0 Å². The van der Waals surface area contributed by atoms with Crippen molar-refractivity contribution in [1.82, 2.24) is 8.47 Å². The van der Waals surface area contributed by atoms with Gasteiger partial charge in [-0.3, -0.25) is 4.79 Å². The molecule has 1 atom stereocenters. The van der Waals surface area contributed by atoms with Gasteiger partial charge in [0.25, 0.3) is 0 Å². The van der Waals surface area contributed by atoms with E-state index in [1.165, 1.54) is 7.11 Å². The smallest absolute Gasteiger partial charge is 1.00 e. The van der Waals surface area contributed by atoms with Crippen LogP contribution in [0, 0.1) is 13.8 Å². The van der Waals surface area contributed by atoms with Crippen LogP contribution in [0.2, 0.25) is 38.3 Å². The SMILES string of the molecule is O=S(=O)=O.O=S(=O)=O.[CH2-]CCC[N+](CCCCC)(CCCCCC(=O)OC)CCC[Si](C)(C)O[Si-2]123(O[Si](C)(C)CCC[N+](CCC[CH2-])(CCCCS(=O)(=O)[O-])CCCCS(=O)(=O)[O-])n4c5c6ccccc6c4N=C4c6ccccc6C(=[N+]41)N=c1c4ccccc4c(n12)=NC1=[N+]3C(=N5)c2ccccc21.[Na+].[Na+].[Na+]. The van der Waals surface area contributed by atoms with E-state index in [1.54, 1.807) is 0 Å². The molecular weight excluding hydrogens is 1520 g/mol. The van der Waals surface area contributed by atoms with Crippen molar-refractivity contribution in [2.24, 2.45) is 20.0 Å². The number of carbonyl (C=O) groups excluding carboxylic acids is 1. The Bertz CT molecular complexity index is 4830. The van der Waals surface area contributed by atoms with Crippen LogP contribution in [0.4, 0.5) is 11.6 Å². The molecule has 0 fully saturated rings. The molecule has 6 aromatic rings. The van der Waals surface area contributed by atoms with Gasteiger partial charge in [-0.15, -0.1) is 25.3 Å². The summed E-state index contributed by atoms with van der Waals surface area (Å²) < 4.78 is 158. The first-order chi connectivity index (χ1) is 48.9. The fourth-order valence-corrected chi connectivity index (χ4v) is 40.7. The van der Waals surface area contributed by atoms with Gasteiger partial charge in [0.15, 0.2) is 0 Å². The van der Waals surface area contributed by atoms with E-state index in [-0.39, 0.29) is 107 Å². The third kappa shape index (κ3) is 17.5. The molecular formula is C70H96N10Na3O16S4Si3+. The predicted molar refractivity (Wildman–Crippen MR) is 398 cm³/mol. The molecule has 0 saturated heterocycles. The molecule has 0 amide bonds. The van der Waals surface area contributed by atoms with Crippen LogP contribution in [0.3, 0.4) is 0 Å². The zero-order chi connectivity index (χ0) is 74.5. The van der Waals surface area contributed by atoms with Gasteiger partial charge in [0.1, 0.15) is 0 Å². The van der Waals surface area contributed by atoms with Crippen LogP contribution in [-0.2, 0) is 59.2 Å². The maximum atomic E-state index is 12.3. The third-order valence-electron chi connectivity index (χ3n) is 21.2. The van der Waals surface area contributed by atoms with Gasteiger partial charge in [0, 0.05) is 0 Å². The van der Waals surface area contributed by atoms with Crippen molar-refractivity contribution < 1.29 is 175 Å². The second-order valence-corrected chi connectivity index (χ2v) is 47.4. The molecule has 0 N–H and O–H groups in total. The number of methoxy groups -OCH3 is 1. The summed E-state index contributed by atoms with van der Waals surface area (Å²) in [5.74, 6) is 2.91. The number of amidine groups is 4. The van der Waals surface area contributed by atoms with Gasteiger partial charge in [-0.05, 0) is 0 Å². The Morgan fingerprint density at radius 2 is 0.830 bits per heavy atom. The van der Waals surface area contributed by atoms with E-state index in [0.717, 1.165) is 145 Å². The van der Waals surface area contributed by atoms with E-state index in [1.807, 2.05) is 0 Å². The minimum atomic E-state index is -7.11. The number of nitrogens with zero attached hydrogens (tertiary/aromatic N) is 10. The zero-order valence-corrected chi connectivity index (χ0v) is 75.1. The molecule has 26 nitrogen and oxygen atoms in total. The summed E-state index contributed by atoms with van der Waals surface area (Å²) >= 11 is 0. The van der Waals surface area contributed by atoms with Crippen molar-refractivity contribution in [2.75, 3.05) is 71.0 Å². The second kappa shape index (κ2) is 36.0. The number of hydrogen-bond donors (Lipinski definition) is 0. The first kappa shape index (κ1) is 89.5. The molecule has 36 heteroatoms. The Hall–Kier alpha value is -3.74. The number of esters is 1. The quantitative estimate of drug-likeness (QED) is 0.0123. The van der Waals surface area contributed by atoms with Crippen molar-refractivity contribution >= 4 is 128 Å². The monoisotopic (exact) mass is 1610 g/mol. The molecule has 0 bridgehead atoms. The molecule has 12 rings (SSSR count). The summed E-state index contributed by atoms with van der Waals surface area (Å²) in [4.78, 5) is 36.1. The minimum absolute atomic E-state index is 0. The van der Waals surface area contributed by atoms with Gasteiger partial charge in [-0.1, -0.05) is 0 Å². The number of unbranched alkanes of at least 4 members (excludes halogenated alkanes) is 8.